The van der Waals surface area contributed by atoms with Gasteiger partial charge in [-0.15, -0.1) is 0 Å². The first-order valence-electron chi connectivity index (χ1n) is 8.03. The lowest BCUT2D eigenvalue weighted by Crippen LogP contribution is -2.45. The molecule has 0 atom stereocenters. The number of amides is 1. The molecule has 1 amide bonds. The molecular weight excluding hydrogens is 262 g/mol. The largest absolute Gasteiger partial charge is 0.370 e. The van der Waals surface area contributed by atoms with Gasteiger partial charge in [0.25, 0.3) is 5.91 Å². The molecular formula is C17H27N3O. The highest BCUT2D eigenvalue weighted by Gasteiger charge is 2.38. The molecule has 21 heavy (non-hydrogen) atoms. The standard InChI is InChI=1S/C17H27N3O/c1-5-7-14-10-12(11-15(19-14)18-6-2)16(21)20-17(3,4)13-8-9-13/h10-11,13H,5-9H2,1-4H3,(H,18,19)(H,20,21). The molecule has 0 aliphatic heterocycles. The molecule has 2 N–H and O–H groups in total. The number of anilines is 1. The zero-order valence-corrected chi connectivity index (χ0v) is 13.6. The molecule has 1 aromatic heterocycles. The van der Waals surface area contributed by atoms with E-state index >= 15 is 0 Å². The summed E-state index contributed by atoms with van der Waals surface area (Å²) in [6.07, 6.45) is 4.35. The fraction of sp³-hybridized carbons (Fsp3) is 0.647. The fourth-order valence-corrected chi connectivity index (χ4v) is 2.65. The second-order valence-electron chi connectivity index (χ2n) is 6.46. The van der Waals surface area contributed by atoms with Crippen LogP contribution in [-0.2, 0) is 6.42 Å². The Labute approximate surface area is 127 Å². The summed E-state index contributed by atoms with van der Waals surface area (Å²) in [7, 11) is 0. The molecule has 1 fully saturated rings. The number of aromatic nitrogens is 1. The predicted octanol–water partition coefficient (Wildman–Crippen LogP) is 3.38. The lowest BCUT2D eigenvalue weighted by atomic mass is 9.98. The minimum Gasteiger partial charge on any atom is -0.370 e. The molecule has 4 nitrogen and oxygen atoms in total. The maximum absolute atomic E-state index is 12.5. The number of carbonyl (C=O) groups is 1. The zero-order chi connectivity index (χ0) is 15.5. The van der Waals surface area contributed by atoms with Crippen LogP contribution in [0, 0.1) is 5.92 Å². The van der Waals surface area contributed by atoms with Crippen LogP contribution in [-0.4, -0.2) is 23.0 Å². The summed E-state index contributed by atoms with van der Waals surface area (Å²) in [6.45, 7) is 9.18. The Kier molecular flexibility index (Phi) is 4.86. The number of carbonyl (C=O) groups excluding carboxylic acids is 1. The summed E-state index contributed by atoms with van der Waals surface area (Å²) in [4.78, 5) is 17.1. The van der Waals surface area contributed by atoms with E-state index in [2.05, 4.69) is 36.4 Å². The first-order valence-corrected chi connectivity index (χ1v) is 8.03. The predicted molar refractivity (Wildman–Crippen MR) is 86.7 cm³/mol. The first-order chi connectivity index (χ1) is 9.96. The number of aryl methyl sites for hydroxylation is 1. The van der Waals surface area contributed by atoms with Crippen molar-refractivity contribution in [3.05, 3.63) is 23.4 Å². The highest BCUT2D eigenvalue weighted by molar-refractivity contribution is 5.95. The van der Waals surface area contributed by atoms with Crippen molar-refractivity contribution < 1.29 is 4.79 Å². The molecule has 0 bridgehead atoms. The van der Waals surface area contributed by atoms with Crippen LogP contribution in [0.15, 0.2) is 12.1 Å². The second kappa shape index (κ2) is 6.46. The van der Waals surface area contributed by atoms with Gasteiger partial charge in [0.1, 0.15) is 5.82 Å². The van der Waals surface area contributed by atoms with E-state index in [4.69, 9.17) is 0 Å². The topological polar surface area (TPSA) is 54.0 Å². The van der Waals surface area contributed by atoms with Gasteiger partial charge in [-0.05, 0) is 58.1 Å². The number of nitrogens with zero attached hydrogens (tertiary/aromatic N) is 1. The van der Waals surface area contributed by atoms with Gasteiger partial charge in [0.05, 0.1) is 0 Å². The number of rotatable bonds is 7. The molecule has 4 heteroatoms. The number of hydrogen-bond donors (Lipinski definition) is 2. The Morgan fingerprint density at radius 3 is 2.62 bits per heavy atom. The van der Waals surface area contributed by atoms with Gasteiger partial charge in [0.2, 0.25) is 0 Å². The summed E-state index contributed by atoms with van der Waals surface area (Å²) < 4.78 is 0. The Balaban J connectivity index is 2.18. The summed E-state index contributed by atoms with van der Waals surface area (Å²) in [5.74, 6) is 1.41. The second-order valence-corrected chi connectivity index (χ2v) is 6.46. The van der Waals surface area contributed by atoms with Gasteiger partial charge in [-0.3, -0.25) is 4.79 Å². The van der Waals surface area contributed by atoms with Crippen molar-refractivity contribution in [2.24, 2.45) is 5.92 Å². The van der Waals surface area contributed by atoms with Crippen molar-refractivity contribution >= 4 is 11.7 Å². The van der Waals surface area contributed by atoms with Crippen molar-refractivity contribution in [3.8, 4) is 0 Å². The van der Waals surface area contributed by atoms with Crippen molar-refractivity contribution in [1.82, 2.24) is 10.3 Å². The summed E-state index contributed by atoms with van der Waals surface area (Å²) in [6, 6.07) is 3.77. The van der Waals surface area contributed by atoms with Gasteiger partial charge in [-0.2, -0.15) is 0 Å². The average molecular weight is 289 g/mol. The van der Waals surface area contributed by atoms with Crippen molar-refractivity contribution in [3.63, 3.8) is 0 Å². The molecule has 1 heterocycles. The van der Waals surface area contributed by atoms with E-state index < -0.39 is 0 Å². The fourth-order valence-electron chi connectivity index (χ4n) is 2.65. The maximum Gasteiger partial charge on any atom is 0.251 e. The average Bonchev–Trinajstić information content (AvgIpc) is 3.23. The summed E-state index contributed by atoms with van der Waals surface area (Å²) in [5.41, 5.74) is 1.56. The first kappa shape index (κ1) is 15.8. The van der Waals surface area contributed by atoms with Crippen molar-refractivity contribution in [2.45, 2.75) is 58.9 Å². The highest BCUT2D eigenvalue weighted by Crippen LogP contribution is 2.39. The third kappa shape index (κ3) is 4.19. The lowest BCUT2D eigenvalue weighted by Gasteiger charge is -2.26. The van der Waals surface area contributed by atoms with E-state index in [1.807, 2.05) is 19.1 Å². The third-order valence-electron chi connectivity index (χ3n) is 4.04. The van der Waals surface area contributed by atoms with E-state index in [9.17, 15) is 4.79 Å². The molecule has 0 saturated heterocycles. The smallest absolute Gasteiger partial charge is 0.251 e. The van der Waals surface area contributed by atoms with Crippen LogP contribution in [0.25, 0.3) is 0 Å². The molecule has 1 aromatic rings. The molecule has 0 aromatic carbocycles. The van der Waals surface area contributed by atoms with Crippen LogP contribution < -0.4 is 10.6 Å². The highest BCUT2D eigenvalue weighted by atomic mass is 16.1. The van der Waals surface area contributed by atoms with Gasteiger partial charge in [-0.25, -0.2) is 4.98 Å². The number of hydrogen-bond acceptors (Lipinski definition) is 3. The van der Waals surface area contributed by atoms with Gasteiger partial charge in [0, 0.05) is 23.3 Å². The van der Waals surface area contributed by atoms with Crippen molar-refractivity contribution in [2.75, 3.05) is 11.9 Å². The zero-order valence-electron chi connectivity index (χ0n) is 13.6. The molecule has 1 aliphatic carbocycles. The van der Waals surface area contributed by atoms with Gasteiger partial charge in [-0.1, -0.05) is 13.3 Å². The van der Waals surface area contributed by atoms with Gasteiger partial charge < -0.3 is 10.6 Å². The van der Waals surface area contributed by atoms with Crippen LogP contribution >= 0.6 is 0 Å². The molecule has 1 aliphatic rings. The van der Waals surface area contributed by atoms with Crippen LogP contribution in [0.2, 0.25) is 0 Å². The van der Waals surface area contributed by atoms with E-state index in [1.54, 1.807) is 0 Å². The van der Waals surface area contributed by atoms with Crippen LogP contribution in [0.1, 0.15) is 63.0 Å². The lowest BCUT2D eigenvalue weighted by molar-refractivity contribution is 0.0903. The molecule has 0 spiro atoms. The minimum atomic E-state index is -0.121. The quantitative estimate of drug-likeness (QED) is 0.809. The van der Waals surface area contributed by atoms with Gasteiger partial charge in [0.15, 0.2) is 0 Å². The molecule has 0 radical (unpaired) electrons. The van der Waals surface area contributed by atoms with E-state index in [0.29, 0.717) is 11.5 Å². The SMILES string of the molecule is CCCc1cc(C(=O)NC(C)(C)C2CC2)cc(NCC)n1. The van der Waals surface area contributed by atoms with Crippen LogP contribution in [0.4, 0.5) is 5.82 Å². The molecule has 116 valence electrons. The van der Waals surface area contributed by atoms with Crippen LogP contribution in [0.3, 0.4) is 0 Å². The Morgan fingerprint density at radius 1 is 1.33 bits per heavy atom. The molecule has 0 unspecified atom stereocenters. The minimum absolute atomic E-state index is 0.00538. The third-order valence-corrected chi connectivity index (χ3v) is 4.04. The summed E-state index contributed by atoms with van der Waals surface area (Å²) >= 11 is 0. The Hall–Kier alpha value is -1.58. The normalized spacial score (nSPS) is 14.9. The van der Waals surface area contributed by atoms with E-state index in [1.165, 1.54) is 12.8 Å². The van der Waals surface area contributed by atoms with Gasteiger partial charge >= 0.3 is 0 Å². The Morgan fingerprint density at radius 2 is 2.05 bits per heavy atom. The monoisotopic (exact) mass is 289 g/mol. The molecule has 2 rings (SSSR count). The summed E-state index contributed by atoms with van der Waals surface area (Å²) in [5, 5.41) is 6.39. The number of pyridine rings is 1. The van der Waals surface area contributed by atoms with E-state index in [-0.39, 0.29) is 11.4 Å². The van der Waals surface area contributed by atoms with E-state index in [0.717, 1.165) is 30.9 Å². The number of nitrogens with one attached hydrogen (secondary N) is 2. The van der Waals surface area contributed by atoms with Crippen molar-refractivity contribution in [1.29, 1.82) is 0 Å². The molecule has 1 saturated carbocycles. The van der Waals surface area contributed by atoms with Crippen LogP contribution in [0.5, 0.6) is 0 Å². The maximum atomic E-state index is 12.5. The Bertz CT molecular complexity index is 483.